The van der Waals surface area contributed by atoms with Gasteiger partial charge in [0.15, 0.2) is 11.3 Å². The highest BCUT2D eigenvalue weighted by molar-refractivity contribution is 5.91. The van der Waals surface area contributed by atoms with Crippen molar-refractivity contribution in [2.45, 2.75) is 50.2 Å². The number of hydrogen-bond acceptors (Lipinski definition) is 7. The maximum Gasteiger partial charge on any atom is 0.242 e. The van der Waals surface area contributed by atoms with E-state index in [1.807, 2.05) is 7.05 Å². The van der Waals surface area contributed by atoms with E-state index in [4.69, 9.17) is 6.42 Å². The summed E-state index contributed by atoms with van der Waals surface area (Å²) in [6.07, 6.45) is 13.6. The third-order valence-electron chi connectivity index (χ3n) is 5.46. The Morgan fingerprint density at radius 3 is 3.00 bits per heavy atom. The lowest BCUT2D eigenvalue weighted by Crippen LogP contribution is -2.50. The van der Waals surface area contributed by atoms with E-state index in [2.05, 4.69) is 41.4 Å². The van der Waals surface area contributed by atoms with Crippen LogP contribution in [0, 0.1) is 12.3 Å². The van der Waals surface area contributed by atoms with Gasteiger partial charge >= 0.3 is 0 Å². The molecule has 1 fully saturated rings. The van der Waals surface area contributed by atoms with Gasteiger partial charge in [0.2, 0.25) is 5.91 Å². The maximum absolute atomic E-state index is 12.9. The largest absolute Gasteiger partial charge is 0.354 e. The lowest BCUT2D eigenvalue weighted by Gasteiger charge is -2.35. The zero-order chi connectivity index (χ0) is 19.6. The average Bonchev–Trinajstić information content (AvgIpc) is 3.40. The molecule has 0 aromatic carbocycles. The van der Waals surface area contributed by atoms with Gasteiger partial charge in [-0.15, -0.1) is 12.3 Å². The van der Waals surface area contributed by atoms with Crippen LogP contribution in [0.25, 0.3) is 11.0 Å². The van der Waals surface area contributed by atoms with Gasteiger partial charge in [-0.3, -0.25) is 9.48 Å². The molecular weight excluding hydrogens is 356 g/mol. The standard InChI is InChI=1S/C19H24N8O/c1-3-4-8-19(24-25-19)9-10-20-18(28)15-7-5-6-11-27(15)17-14-12-23-26(2)16(14)21-13-22-17/h1,12-13,15H,4-11H2,2H3,(H,20,28). The van der Waals surface area contributed by atoms with Crippen molar-refractivity contribution in [3.63, 3.8) is 0 Å². The minimum Gasteiger partial charge on any atom is -0.354 e. The number of anilines is 1. The molecule has 4 heterocycles. The predicted octanol–water partition coefficient (Wildman–Crippen LogP) is 1.80. The van der Waals surface area contributed by atoms with Gasteiger partial charge in [-0.25, -0.2) is 9.97 Å². The minimum atomic E-state index is -0.375. The van der Waals surface area contributed by atoms with Gasteiger partial charge in [-0.05, 0) is 19.3 Å². The third-order valence-corrected chi connectivity index (χ3v) is 5.46. The van der Waals surface area contributed by atoms with E-state index in [-0.39, 0.29) is 17.6 Å². The molecule has 4 rings (SSSR count). The zero-order valence-corrected chi connectivity index (χ0v) is 16.0. The normalized spacial score (nSPS) is 20.1. The fourth-order valence-electron chi connectivity index (χ4n) is 3.81. The SMILES string of the molecule is C#CCCC1(CCNC(=O)C2CCCCN2c2ncnc3c2cnn3C)N=N1. The van der Waals surface area contributed by atoms with Crippen molar-refractivity contribution < 1.29 is 4.79 Å². The smallest absolute Gasteiger partial charge is 0.242 e. The summed E-state index contributed by atoms with van der Waals surface area (Å²) < 4.78 is 1.72. The Labute approximate surface area is 163 Å². The van der Waals surface area contributed by atoms with Crippen LogP contribution >= 0.6 is 0 Å². The molecule has 0 aliphatic carbocycles. The molecule has 0 radical (unpaired) electrons. The number of aryl methyl sites for hydroxylation is 1. The van der Waals surface area contributed by atoms with E-state index in [9.17, 15) is 4.79 Å². The number of terminal acetylenes is 1. The van der Waals surface area contributed by atoms with Crippen LogP contribution in [0.3, 0.4) is 0 Å². The molecule has 9 nitrogen and oxygen atoms in total. The van der Waals surface area contributed by atoms with Crippen LogP contribution < -0.4 is 10.2 Å². The molecule has 2 aromatic heterocycles. The highest BCUT2D eigenvalue weighted by Gasteiger charge is 2.39. The quantitative estimate of drug-likeness (QED) is 0.738. The van der Waals surface area contributed by atoms with E-state index in [0.717, 1.165) is 49.1 Å². The van der Waals surface area contributed by atoms with E-state index >= 15 is 0 Å². The lowest BCUT2D eigenvalue weighted by molar-refractivity contribution is -0.122. The number of carbonyl (C=O) groups excluding carboxylic acids is 1. The highest BCUT2D eigenvalue weighted by atomic mass is 16.2. The van der Waals surface area contributed by atoms with Gasteiger partial charge in [-0.2, -0.15) is 15.3 Å². The summed E-state index contributed by atoms with van der Waals surface area (Å²) in [5.41, 5.74) is 0.391. The lowest BCUT2D eigenvalue weighted by atomic mass is 10.0. The molecule has 1 atom stereocenters. The van der Waals surface area contributed by atoms with Crippen LogP contribution in [0.4, 0.5) is 5.82 Å². The molecule has 146 valence electrons. The highest BCUT2D eigenvalue weighted by Crippen LogP contribution is 2.36. The molecule has 0 spiro atoms. The Morgan fingerprint density at radius 1 is 1.36 bits per heavy atom. The third kappa shape index (κ3) is 3.54. The first-order valence-corrected chi connectivity index (χ1v) is 9.68. The van der Waals surface area contributed by atoms with E-state index < -0.39 is 0 Å². The number of aromatic nitrogens is 4. The molecule has 28 heavy (non-hydrogen) atoms. The van der Waals surface area contributed by atoms with Gasteiger partial charge in [0.05, 0.1) is 11.6 Å². The number of hydrogen-bond donors (Lipinski definition) is 1. The first-order chi connectivity index (χ1) is 13.6. The summed E-state index contributed by atoms with van der Waals surface area (Å²) in [4.78, 5) is 23.8. The average molecular weight is 380 g/mol. The summed E-state index contributed by atoms with van der Waals surface area (Å²) in [7, 11) is 1.85. The Bertz CT molecular complexity index is 937. The molecular formula is C19H24N8O. The first kappa shape index (κ1) is 18.3. The monoisotopic (exact) mass is 380 g/mol. The van der Waals surface area contributed by atoms with Gasteiger partial charge in [-0.1, -0.05) is 0 Å². The molecule has 0 saturated carbocycles. The first-order valence-electron chi connectivity index (χ1n) is 9.68. The van der Waals surface area contributed by atoms with Gasteiger partial charge in [0.25, 0.3) is 0 Å². The summed E-state index contributed by atoms with van der Waals surface area (Å²) in [5.74, 6) is 3.41. The number of carbonyl (C=O) groups is 1. The number of amides is 1. The number of fused-ring (bicyclic) bond motifs is 1. The summed E-state index contributed by atoms with van der Waals surface area (Å²) >= 11 is 0. The molecule has 1 N–H and O–H groups in total. The number of nitrogens with zero attached hydrogens (tertiary/aromatic N) is 7. The van der Waals surface area contributed by atoms with Crippen molar-refractivity contribution in [2.24, 2.45) is 17.3 Å². The van der Waals surface area contributed by atoms with Crippen LogP contribution in [0.2, 0.25) is 0 Å². The van der Waals surface area contributed by atoms with Gasteiger partial charge < -0.3 is 10.2 Å². The maximum atomic E-state index is 12.9. The fourth-order valence-corrected chi connectivity index (χ4v) is 3.81. The Balaban J connectivity index is 1.43. The molecule has 0 bridgehead atoms. The molecule has 1 amide bonds. The van der Waals surface area contributed by atoms with Crippen LogP contribution in [-0.4, -0.2) is 50.4 Å². The number of rotatable bonds is 7. The van der Waals surface area contributed by atoms with Crippen molar-refractivity contribution >= 4 is 22.8 Å². The van der Waals surface area contributed by atoms with E-state index in [1.165, 1.54) is 6.33 Å². The number of nitrogens with one attached hydrogen (secondary N) is 1. The van der Waals surface area contributed by atoms with Crippen LogP contribution in [0.1, 0.15) is 38.5 Å². The van der Waals surface area contributed by atoms with Crippen LogP contribution in [0.5, 0.6) is 0 Å². The summed E-state index contributed by atoms with van der Waals surface area (Å²) in [5, 5.41) is 16.5. The number of piperidine rings is 1. The van der Waals surface area contributed by atoms with Crippen molar-refractivity contribution in [1.82, 2.24) is 25.1 Å². The van der Waals surface area contributed by atoms with Gasteiger partial charge in [0, 0.05) is 39.4 Å². The Morgan fingerprint density at radius 2 is 2.21 bits per heavy atom. The molecule has 9 heteroatoms. The van der Waals surface area contributed by atoms with Crippen molar-refractivity contribution in [1.29, 1.82) is 0 Å². The second-order valence-electron chi connectivity index (χ2n) is 7.34. The van der Waals surface area contributed by atoms with Crippen molar-refractivity contribution in [3.8, 4) is 12.3 Å². The Kier molecular flexibility index (Phi) is 4.94. The van der Waals surface area contributed by atoms with Gasteiger partial charge in [0.1, 0.15) is 18.2 Å². The van der Waals surface area contributed by atoms with Crippen molar-refractivity contribution in [2.75, 3.05) is 18.0 Å². The predicted molar refractivity (Wildman–Crippen MR) is 105 cm³/mol. The Hall–Kier alpha value is -3.02. The summed E-state index contributed by atoms with van der Waals surface area (Å²) in [6.45, 7) is 1.32. The second-order valence-corrected chi connectivity index (χ2v) is 7.34. The fraction of sp³-hybridized carbons (Fsp3) is 0.579. The van der Waals surface area contributed by atoms with Crippen LogP contribution in [0.15, 0.2) is 22.8 Å². The van der Waals surface area contributed by atoms with E-state index in [1.54, 1.807) is 10.9 Å². The molecule has 2 aliphatic rings. The molecule has 1 unspecified atom stereocenters. The molecule has 2 aliphatic heterocycles. The summed E-state index contributed by atoms with van der Waals surface area (Å²) in [6, 6.07) is -0.248. The van der Waals surface area contributed by atoms with E-state index in [0.29, 0.717) is 19.4 Å². The topological polar surface area (TPSA) is 101 Å². The zero-order valence-electron chi connectivity index (χ0n) is 16.0. The minimum absolute atomic E-state index is 0.0168. The van der Waals surface area contributed by atoms with Crippen LogP contribution in [-0.2, 0) is 11.8 Å². The van der Waals surface area contributed by atoms with Crippen molar-refractivity contribution in [3.05, 3.63) is 12.5 Å². The molecule has 2 aromatic rings. The molecule has 1 saturated heterocycles. The second kappa shape index (κ2) is 7.54.